The van der Waals surface area contributed by atoms with Crippen LogP contribution in [0.3, 0.4) is 0 Å². The summed E-state index contributed by atoms with van der Waals surface area (Å²) in [4.78, 5) is 1.92. The number of benzene rings is 2. The van der Waals surface area contributed by atoms with Gasteiger partial charge in [0.05, 0.1) is 6.04 Å². The normalized spacial score (nSPS) is 24.9. The Morgan fingerprint density at radius 3 is 2.88 bits per heavy atom. The van der Waals surface area contributed by atoms with E-state index in [0.29, 0.717) is 22.1 Å². The number of rotatable bonds is 1. The van der Waals surface area contributed by atoms with Crippen molar-refractivity contribution in [3.63, 3.8) is 0 Å². The second kappa shape index (κ2) is 5.33. The number of hydrogen-bond donors (Lipinski definition) is 1. The van der Waals surface area contributed by atoms with E-state index in [4.69, 9.17) is 28.6 Å². The zero-order chi connectivity index (χ0) is 17.1. The van der Waals surface area contributed by atoms with Gasteiger partial charge >= 0.3 is 0 Å². The molecule has 0 aliphatic carbocycles. The molecule has 2 aliphatic rings. The summed E-state index contributed by atoms with van der Waals surface area (Å²) in [7, 11) is 0. The lowest BCUT2D eigenvalue weighted by atomic mass is 9.90. The molecule has 2 aromatic carbocycles. The maximum absolute atomic E-state index is 13.6. The molecule has 0 aromatic heterocycles. The lowest BCUT2D eigenvalue weighted by Crippen LogP contribution is -2.65. The fraction of sp³-hybridized carbons (Fsp3) is 0.278. The van der Waals surface area contributed by atoms with Gasteiger partial charge in [-0.05, 0) is 68.0 Å². The molecule has 24 heavy (non-hydrogen) atoms. The van der Waals surface area contributed by atoms with E-state index in [2.05, 4.69) is 5.32 Å². The second-order valence-electron chi connectivity index (χ2n) is 6.43. The Labute approximate surface area is 150 Å². The highest BCUT2D eigenvalue weighted by molar-refractivity contribution is 7.80. The van der Waals surface area contributed by atoms with Gasteiger partial charge in [-0.15, -0.1) is 0 Å². The molecule has 0 saturated carbocycles. The zero-order valence-corrected chi connectivity index (χ0v) is 14.8. The van der Waals surface area contributed by atoms with Crippen LogP contribution in [0.2, 0.25) is 5.02 Å². The van der Waals surface area contributed by atoms with Crippen LogP contribution in [0.5, 0.6) is 5.75 Å². The van der Waals surface area contributed by atoms with Gasteiger partial charge in [-0.25, -0.2) is 4.39 Å². The Bertz CT molecular complexity index is 859. The van der Waals surface area contributed by atoms with Crippen LogP contribution in [-0.2, 0) is 0 Å². The smallest absolute Gasteiger partial charge is 0.188 e. The molecule has 0 spiro atoms. The minimum atomic E-state index is -0.641. The zero-order valence-electron chi connectivity index (χ0n) is 13.3. The summed E-state index contributed by atoms with van der Waals surface area (Å²) in [5, 5.41) is 4.60. The number of nitrogens with zero attached hydrogens (tertiary/aromatic N) is 1. The Kier molecular flexibility index (Phi) is 3.48. The maximum atomic E-state index is 13.6. The molecule has 2 bridgehead atoms. The highest BCUT2D eigenvalue weighted by Crippen LogP contribution is 2.46. The molecule has 0 radical (unpaired) electrons. The molecule has 1 fully saturated rings. The average Bonchev–Trinajstić information content (AvgIpc) is 2.51. The standard InChI is InChI=1S/C18H16ClFN2OS/c1-10-7-12(4-5-14(10)20)22-17(24)21-15-9-18(22,2)23-16-6-3-11(19)8-13(15)16/h3-8,15H,9H2,1-2H3,(H,21,24). The minimum Gasteiger partial charge on any atom is -0.467 e. The quantitative estimate of drug-likeness (QED) is 0.742. The van der Waals surface area contributed by atoms with Crippen molar-refractivity contribution in [3.05, 3.63) is 58.4 Å². The Morgan fingerprint density at radius 1 is 1.33 bits per heavy atom. The third kappa shape index (κ3) is 2.34. The summed E-state index contributed by atoms with van der Waals surface area (Å²) >= 11 is 11.7. The second-order valence-corrected chi connectivity index (χ2v) is 7.26. The molecule has 2 aliphatic heterocycles. The van der Waals surface area contributed by atoms with Crippen LogP contribution >= 0.6 is 23.8 Å². The van der Waals surface area contributed by atoms with Crippen molar-refractivity contribution in [3.8, 4) is 5.75 Å². The molecule has 2 unspecified atom stereocenters. The first kappa shape index (κ1) is 15.7. The number of anilines is 1. The monoisotopic (exact) mass is 362 g/mol. The van der Waals surface area contributed by atoms with Crippen molar-refractivity contribution in [2.45, 2.75) is 32.0 Å². The summed E-state index contributed by atoms with van der Waals surface area (Å²) < 4.78 is 19.9. The summed E-state index contributed by atoms with van der Waals surface area (Å²) in [6, 6.07) is 10.6. The van der Waals surface area contributed by atoms with Gasteiger partial charge in [-0.2, -0.15) is 0 Å². The van der Waals surface area contributed by atoms with Crippen LogP contribution in [0.4, 0.5) is 10.1 Å². The maximum Gasteiger partial charge on any atom is 0.188 e. The third-order valence-corrected chi connectivity index (χ3v) is 5.17. The van der Waals surface area contributed by atoms with Crippen LogP contribution in [0, 0.1) is 12.7 Å². The van der Waals surface area contributed by atoms with Gasteiger partial charge < -0.3 is 10.1 Å². The van der Waals surface area contributed by atoms with Crippen LogP contribution in [-0.4, -0.2) is 10.8 Å². The number of thiocarbonyl (C=S) groups is 1. The number of aryl methyl sites for hydroxylation is 1. The van der Waals surface area contributed by atoms with Gasteiger partial charge in [-0.1, -0.05) is 11.6 Å². The van der Waals surface area contributed by atoms with Gasteiger partial charge in [0.2, 0.25) is 0 Å². The molecule has 2 aromatic rings. The lowest BCUT2D eigenvalue weighted by Gasteiger charge is -2.52. The van der Waals surface area contributed by atoms with Crippen molar-refractivity contribution in [1.82, 2.24) is 5.32 Å². The highest BCUT2D eigenvalue weighted by atomic mass is 35.5. The number of ether oxygens (including phenoxy) is 1. The Morgan fingerprint density at radius 2 is 2.12 bits per heavy atom. The fourth-order valence-corrected chi connectivity index (χ4v) is 4.13. The first-order valence-corrected chi connectivity index (χ1v) is 8.51. The van der Waals surface area contributed by atoms with E-state index < -0.39 is 5.72 Å². The summed E-state index contributed by atoms with van der Waals surface area (Å²) in [6.07, 6.45) is 0.705. The van der Waals surface area contributed by atoms with Gasteiger partial charge in [0.25, 0.3) is 0 Å². The highest BCUT2D eigenvalue weighted by Gasteiger charge is 2.48. The van der Waals surface area contributed by atoms with Crippen molar-refractivity contribution < 1.29 is 9.13 Å². The molecular weight excluding hydrogens is 347 g/mol. The minimum absolute atomic E-state index is 0.0442. The van der Waals surface area contributed by atoms with Crippen LogP contribution in [0.25, 0.3) is 0 Å². The Balaban J connectivity index is 1.80. The summed E-state index contributed by atoms with van der Waals surface area (Å²) in [5.41, 5.74) is 1.75. The predicted octanol–water partition coefficient (Wildman–Crippen LogP) is 4.72. The molecule has 1 saturated heterocycles. The number of hydrogen-bond acceptors (Lipinski definition) is 2. The molecular formula is C18H16ClFN2OS. The molecule has 2 atom stereocenters. The molecule has 1 N–H and O–H groups in total. The topological polar surface area (TPSA) is 24.5 Å². The first-order chi connectivity index (χ1) is 11.4. The van der Waals surface area contributed by atoms with Crippen LogP contribution < -0.4 is 15.0 Å². The molecule has 124 valence electrons. The Hall–Kier alpha value is -1.85. The number of nitrogens with one attached hydrogen (secondary N) is 1. The van der Waals surface area contributed by atoms with Crippen LogP contribution in [0.1, 0.15) is 30.5 Å². The predicted molar refractivity (Wildman–Crippen MR) is 97.2 cm³/mol. The van der Waals surface area contributed by atoms with Crippen molar-refractivity contribution in [2.24, 2.45) is 0 Å². The average molecular weight is 363 g/mol. The van der Waals surface area contributed by atoms with Crippen molar-refractivity contribution >= 4 is 34.6 Å². The first-order valence-electron chi connectivity index (χ1n) is 7.73. The van der Waals surface area contributed by atoms with Gasteiger partial charge in [0, 0.05) is 22.7 Å². The van der Waals surface area contributed by atoms with Crippen LogP contribution in [0.15, 0.2) is 36.4 Å². The van der Waals surface area contributed by atoms with E-state index in [0.717, 1.165) is 17.0 Å². The number of fused-ring (bicyclic) bond motifs is 4. The number of halogens is 2. The largest absolute Gasteiger partial charge is 0.467 e. The fourth-order valence-electron chi connectivity index (χ4n) is 3.50. The van der Waals surface area contributed by atoms with Gasteiger partial charge in [0.15, 0.2) is 10.8 Å². The van der Waals surface area contributed by atoms with E-state index >= 15 is 0 Å². The molecule has 6 heteroatoms. The van der Waals surface area contributed by atoms with E-state index in [-0.39, 0.29) is 11.9 Å². The SMILES string of the molecule is Cc1cc(N2C(=S)NC3CC2(C)Oc2ccc(Cl)cc23)ccc1F. The molecule has 4 rings (SSSR count). The van der Waals surface area contributed by atoms with E-state index in [1.54, 1.807) is 19.1 Å². The molecule has 3 nitrogen and oxygen atoms in total. The van der Waals surface area contributed by atoms with E-state index in [1.165, 1.54) is 6.07 Å². The van der Waals surface area contributed by atoms with Crippen molar-refractivity contribution in [2.75, 3.05) is 4.90 Å². The lowest BCUT2D eigenvalue weighted by molar-refractivity contribution is 0.0497. The van der Waals surface area contributed by atoms with E-state index in [9.17, 15) is 4.39 Å². The summed E-state index contributed by atoms with van der Waals surface area (Å²) in [6.45, 7) is 3.74. The van der Waals surface area contributed by atoms with Gasteiger partial charge in [0.1, 0.15) is 11.6 Å². The van der Waals surface area contributed by atoms with E-state index in [1.807, 2.05) is 30.0 Å². The summed E-state index contributed by atoms with van der Waals surface area (Å²) in [5.74, 6) is 0.555. The van der Waals surface area contributed by atoms with Gasteiger partial charge in [-0.3, -0.25) is 4.90 Å². The van der Waals surface area contributed by atoms with Crippen molar-refractivity contribution in [1.29, 1.82) is 0 Å². The molecule has 2 heterocycles. The molecule has 0 amide bonds. The third-order valence-electron chi connectivity index (χ3n) is 4.63.